The van der Waals surface area contributed by atoms with Gasteiger partial charge >= 0.3 is 0 Å². The quantitative estimate of drug-likeness (QED) is 0.261. The number of amides is 1. The number of methoxy groups -OCH3 is 2. The van der Waals surface area contributed by atoms with Crippen LogP contribution in [0.1, 0.15) is 33.1 Å². The normalized spacial score (nSPS) is 18.3. The average Bonchev–Trinajstić information content (AvgIpc) is 3.64. The zero-order valence-corrected chi connectivity index (χ0v) is 27.6. The van der Waals surface area contributed by atoms with Crippen molar-refractivity contribution in [3.63, 3.8) is 0 Å². The van der Waals surface area contributed by atoms with Gasteiger partial charge in [0.1, 0.15) is 22.7 Å². The number of rotatable bonds is 12. The lowest BCUT2D eigenvalue weighted by Gasteiger charge is -2.41. The molecular weight excluding hydrogens is 589 g/mol. The summed E-state index contributed by atoms with van der Waals surface area (Å²) >= 11 is 0. The molecule has 3 aromatic rings. The molecule has 0 bridgehead atoms. The van der Waals surface area contributed by atoms with Crippen LogP contribution >= 0.6 is 0 Å². The van der Waals surface area contributed by atoms with Crippen molar-refractivity contribution in [2.75, 3.05) is 31.6 Å². The van der Waals surface area contributed by atoms with Gasteiger partial charge < -0.3 is 18.8 Å². The van der Waals surface area contributed by atoms with Crippen LogP contribution in [0.3, 0.4) is 0 Å². The number of carbonyl (C=O) groups is 1. The van der Waals surface area contributed by atoms with Gasteiger partial charge in [-0.25, -0.2) is 12.7 Å². The summed E-state index contributed by atoms with van der Waals surface area (Å²) in [4.78, 5) is 14.4. The van der Waals surface area contributed by atoms with E-state index >= 15 is 0 Å². The van der Waals surface area contributed by atoms with Crippen LogP contribution in [-0.4, -0.2) is 80.2 Å². The Labute approximate surface area is 254 Å². The Balaban J connectivity index is 1.91. The minimum Gasteiger partial charge on any atom is -0.494 e. The first-order valence-electron chi connectivity index (χ1n) is 14.2. The van der Waals surface area contributed by atoms with Crippen molar-refractivity contribution in [2.24, 2.45) is 0 Å². The standard InChI is InChI=1S/C29H40N6O6SSi/c1-21(19-33-25(36)14-9-15-29(33,2)20-30)42(37,38)34(16-18-43(5,6)7)28-32-31-27(24-13-10-17-41-24)35(28)26-22(39-3)11-8-12-23(26)40-4/h8,10-13,17,21H,9,14-16,18-19H2,1-7H3/t21-,29+/m1/s1. The Hall–Kier alpha value is -3.83. The Morgan fingerprint density at radius 3 is 2.40 bits per heavy atom. The maximum atomic E-state index is 14.6. The lowest BCUT2D eigenvalue weighted by atomic mass is 9.89. The van der Waals surface area contributed by atoms with E-state index in [9.17, 15) is 18.5 Å². The molecule has 43 heavy (non-hydrogen) atoms. The largest absolute Gasteiger partial charge is 0.494 e. The highest BCUT2D eigenvalue weighted by Gasteiger charge is 2.43. The minimum atomic E-state index is -4.17. The number of carbonyl (C=O) groups excluding carboxylic acids is 1. The molecule has 1 saturated heterocycles. The van der Waals surface area contributed by atoms with Gasteiger partial charge in [0.25, 0.3) is 0 Å². The Morgan fingerprint density at radius 1 is 1.16 bits per heavy atom. The third kappa shape index (κ3) is 6.42. The molecule has 3 heterocycles. The van der Waals surface area contributed by atoms with Gasteiger partial charge in [-0.05, 0) is 57.0 Å². The number of aromatic nitrogens is 3. The van der Waals surface area contributed by atoms with E-state index in [-0.39, 0.29) is 37.2 Å². The smallest absolute Gasteiger partial charge is 0.246 e. The molecule has 14 heteroatoms. The lowest BCUT2D eigenvalue weighted by molar-refractivity contribution is -0.138. The van der Waals surface area contributed by atoms with Crippen molar-refractivity contribution >= 4 is 30.0 Å². The zero-order chi connectivity index (χ0) is 31.6. The number of ether oxygens (including phenoxy) is 2. The van der Waals surface area contributed by atoms with Gasteiger partial charge in [-0.2, -0.15) is 5.26 Å². The first-order valence-corrected chi connectivity index (χ1v) is 19.4. The molecule has 0 unspecified atom stereocenters. The van der Waals surface area contributed by atoms with E-state index in [1.54, 1.807) is 48.7 Å². The Morgan fingerprint density at radius 2 is 1.84 bits per heavy atom. The molecule has 1 fully saturated rings. The fourth-order valence-electron chi connectivity index (χ4n) is 5.16. The van der Waals surface area contributed by atoms with Gasteiger partial charge in [0.05, 0.1) is 31.8 Å². The highest BCUT2D eigenvalue weighted by molar-refractivity contribution is 7.93. The number of benzene rings is 1. The summed E-state index contributed by atoms with van der Waals surface area (Å²) in [7, 11) is -2.91. The summed E-state index contributed by atoms with van der Waals surface area (Å²) in [6.45, 7) is 9.74. The van der Waals surface area contributed by atoms with E-state index in [0.717, 1.165) is 0 Å². The Bertz CT molecular complexity index is 1570. The molecule has 1 aliphatic heterocycles. The summed E-state index contributed by atoms with van der Waals surface area (Å²) < 4.78 is 49.1. The van der Waals surface area contributed by atoms with E-state index in [2.05, 4.69) is 35.9 Å². The van der Waals surface area contributed by atoms with E-state index < -0.39 is 28.9 Å². The van der Waals surface area contributed by atoms with Crippen LogP contribution in [0.2, 0.25) is 25.7 Å². The second kappa shape index (κ2) is 12.4. The molecule has 1 aromatic carbocycles. The van der Waals surface area contributed by atoms with Crippen molar-refractivity contribution in [1.29, 1.82) is 5.26 Å². The van der Waals surface area contributed by atoms with Crippen LogP contribution in [0.25, 0.3) is 17.3 Å². The number of hydrogen-bond donors (Lipinski definition) is 0. The molecule has 2 atom stereocenters. The minimum absolute atomic E-state index is 0.0346. The summed E-state index contributed by atoms with van der Waals surface area (Å²) in [5, 5.41) is 17.7. The second-order valence-electron chi connectivity index (χ2n) is 12.1. The fraction of sp³-hybridized carbons (Fsp3) is 0.517. The summed E-state index contributed by atoms with van der Waals surface area (Å²) in [5.74, 6) is 1.25. The number of piperidine rings is 1. The van der Waals surface area contributed by atoms with Crippen LogP contribution in [-0.2, 0) is 14.8 Å². The highest BCUT2D eigenvalue weighted by atomic mass is 32.2. The molecule has 0 radical (unpaired) electrons. The number of furan rings is 1. The predicted molar refractivity (Wildman–Crippen MR) is 166 cm³/mol. The van der Waals surface area contributed by atoms with Crippen LogP contribution < -0.4 is 13.8 Å². The molecule has 2 aromatic heterocycles. The number of nitriles is 1. The maximum Gasteiger partial charge on any atom is 0.246 e. The van der Waals surface area contributed by atoms with E-state index in [4.69, 9.17) is 13.9 Å². The number of nitrogens with zero attached hydrogens (tertiary/aromatic N) is 6. The van der Waals surface area contributed by atoms with E-state index in [0.29, 0.717) is 41.8 Å². The van der Waals surface area contributed by atoms with Crippen molar-refractivity contribution in [3.8, 4) is 34.8 Å². The number of likely N-dealkylation sites (tertiary alicyclic amines) is 1. The third-order valence-electron chi connectivity index (χ3n) is 7.75. The zero-order valence-electron chi connectivity index (χ0n) is 25.8. The van der Waals surface area contributed by atoms with Gasteiger partial charge in [-0.3, -0.25) is 9.36 Å². The summed E-state index contributed by atoms with van der Waals surface area (Å²) in [6.07, 6.45) is 2.84. The van der Waals surface area contributed by atoms with Crippen molar-refractivity contribution < 1.29 is 27.1 Å². The van der Waals surface area contributed by atoms with Crippen LogP contribution in [0.4, 0.5) is 5.95 Å². The highest BCUT2D eigenvalue weighted by Crippen LogP contribution is 2.40. The third-order valence-corrected chi connectivity index (χ3v) is 11.6. The molecule has 0 saturated carbocycles. The molecule has 4 rings (SSSR count). The fourth-order valence-corrected chi connectivity index (χ4v) is 7.68. The second-order valence-corrected chi connectivity index (χ2v) is 20.0. The molecule has 1 amide bonds. The Kier molecular flexibility index (Phi) is 9.26. The number of anilines is 1. The molecule has 1 aliphatic rings. The van der Waals surface area contributed by atoms with Crippen molar-refractivity contribution in [3.05, 3.63) is 36.6 Å². The lowest BCUT2D eigenvalue weighted by Crippen LogP contribution is -2.56. The van der Waals surface area contributed by atoms with Crippen LogP contribution in [0.5, 0.6) is 11.5 Å². The summed E-state index contributed by atoms with van der Waals surface area (Å²) in [6, 6.07) is 11.5. The molecule has 232 valence electrons. The van der Waals surface area contributed by atoms with Gasteiger partial charge in [0, 0.05) is 27.6 Å². The SMILES string of the molecule is COc1cccc(OC)c1-n1c(-c2ccco2)nnc1N(CC[Si](C)(C)C)S(=O)(=O)[C@H](C)CN1C(=O)CCC[C@@]1(C)C#N. The van der Waals surface area contributed by atoms with Gasteiger partial charge in [0.2, 0.25) is 27.7 Å². The molecule has 0 spiro atoms. The van der Waals surface area contributed by atoms with Crippen LogP contribution in [0, 0.1) is 11.3 Å². The van der Waals surface area contributed by atoms with E-state index in [1.807, 2.05) is 0 Å². The van der Waals surface area contributed by atoms with Gasteiger partial charge in [-0.15, -0.1) is 10.2 Å². The van der Waals surface area contributed by atoms with Crippen molar-refractivity contribution in [1.82, 2.24) is 19.7 Å². The number of para-hydroxylation sites is 1. The monoisotopic (exact) mass is 628 g/mol. The number of hydrogen-bond acceptors (Lipinski definition) is 9. The number of sulfonamides is 1. The summed E-state index contributed by atoms with van der Waals surface area (Å²) in [5.41, 5.74) is -0.678. The molecular formula is C29H40N6O6SSi. The van der Waals surface area contributed by atoms with Crippen LogP contribution in [0.15, 0.2) is 41.0 Å². The molecule has 0 N–H and O–H groups in total. The van der Waals surface area contributed by atoms with Crippen molar-refractivity contribution in [2.45, 2.75) is 69.6 Å². The van der Waals surface area contributed by atoms with Gasteiger partial charge in [0.15, 0.2) is 5.76 Å². The van der Waals surface area contributed by atoms with Gasteiger partial charge in [-0.1, -0.05) is 25.7 Å². The predicted octanol–water partition coefficient (Wildman–Crippen LogP) is 4.70. The average molecular weight is 629 g/mol. The first kappa shape index (κ1) is 32.1. The molecule has 12 nitrogen and oxygen atoms in total. The van der Waals surface area contributed by atoms with E-state index in [1.165, 1.54) is 29.7 Å². The topological polar surface area (TPSA) is 144 Å². The maximum absolute atomic E-state index is 14.6. The first-order chi connectivity index (χ1) is 20.3. The molecule has 0 aliphatic carbocycles.